The van der Waals surface area contributed by atoms with Gasteiger partial charge in [0.2, 0.25) is 5.91 Å². The third-order valence-corrected chi connectivity index (χ3v) is 3.26. The van der Waals surface area contributed by atoms with Crippen LogP contribution in [-0.2, 0) is 11.3 Å². The zero-order chi connectivity index (χ0) is 12.1. The molecule has 0 bridgehead atoms. The zero-order valence-electron chi connectivity index (χ0n) is 10.3. The lowest BCUT2D eigenvalue weighted by atomic mass is 9.97. The lowest BCUT2D eigenvalue weighted by molar-refractivity contribution is -0.125. The average Bonchev–Trinajstić information content (AvgIpc) is 2.37. The van der Waals surface area contributed by atoms with E-state index in [9.17, 15) is 4.79 Å². The predicted octanol–water partition coefficient (Wildman–Crippen LogP) is 1.61. The van der Waals surface area contributed by atoms with E-state index in [1.165, 1.54) is 11.1 Å². The van der Waals surface area contributed by atoms with Gasteiger partial charge in [-0.05, 0) is 38.4 Å². The van der Waals surface area contributed by atoms with E-state index in [4.69, 9.17) is 0 Å². The number of carbonyl (C=O) groups is 1. The van der Waals surface area contributed by atoms with Crippen LogP contribution < -0.4 is 10.6 Å². The molecule has 0 unspecified atom stereocenters. The Hall–Kier alpha value is -1.35. The summed E-state index contributed by atoms with van der Waals surface area (Å²) in [7, 11) is 0. The second kappa shape index (κ2) is 5.82. The maximum atomic E-state index is 11.9. The van der Waals surface area contributed by atoms with Gasteiger partial charge in [0.25, 0.3) is 0 Å². The minimum atomic E-state index is 0.195. The number of piperidine rings is 1. The first-order chi connectivity index (χ1) is 8.25. The Morgan fingerprint density at radius 2 is 2.18 bits per heavy atom. The van der Waals surface area contributed by atoms with Gasteiger partial charge in [0, 0.05) is 12.5 Å². The molecule has 17 heavy (non-hydrogen) atoms. The number of benzene rings is 1. The van der Waals surface area contributed by atoms with Crippen LogP contribution in [0.3, 0.4) is 0 Å². The Labute approximate surface area is 103 Å². The van der Waals surface area contributed by atoms with Crippen molar-refractivity contribution in [2.75, 3.05) is 13.1 Å². The lowest BCUT2D eigenvalue weighted by Crippen LogP contribution is -2.37. The zero-order valence-corrected chi connectivity index (χ0v) is 10.3. The van der Waals surface area contributed by atoms with Gasteiger partial charge in [-0.1, -0.05) is 29.8 Å². The molecule has 2 rings (SSSR count). The molecule has 1 heterocycles. The highest BCUT2D eigenvalue weighted by atomic mass is 16.1. The fourth-order valence-electron chi connectivity index (χ4n) is 2.24. The third kappa shape index (κ3) is 3.56. The summed E-state index contributed by atoms with van der Waals surface area (Å²) < 4.78 is 0. The van der Waals surface area contributed by atoms with Crippen molar-refractivity contribution in [2.24, 2.45) is 5.92 Å². The summed E-state index contributed by atoms with van der Waals surface area (Å²) in [6.45, 7) is 4.63. The van der Waals surface area contributed by atoms with E-state index < -0.39 is 0 Å². The molecule has 3 nitrogen and oxygen atoms in total. The minimum absolute atomic E-state index is 0.195. The number of aryl methyl sites for hydroxylation is 1. The highest BCUT2D eigenvalue weighted by Gasteiger charge is 2.20. The first kappa shape index (κ1) is 12.1. The van der Waals surface area contributed by atoms with Crippen molar-refractivity contribution in [1.82, 2.24) is 10.6 Å². The van der Waals surface area contributed by atoms with Crippen LogP contribution in [0.15, 0.2) is 24.3 Å². The van der Waals surface area contributed by atoms with Crippen LogP contribution in [0.25, 0.3) is 0 Å². The molecular weight excluding hydrogens is 212 g/mol. The molecule has 0 saturated carbocycles. The number of nitrogens with one attached hydrogen (secondary N) is 2. The smallest absolute Gasteiger partial charge is 0.223 e. The second-order valence-corrected chi connectivity index (χ2v) is 4.73. The molecule has 1 aromatic rings. The van der Waals surface area contributed by atoms with Gasteiger partial charge in [0.15, 0.2) is 0 Å². The molecule has 1 aromatic carbocycles. The normalized spacial score (nSPS) is 16.8. The summed E-state index contributed by atoms with van der Waals surface area (Å²) in [6, 6.07) is 8.26. The van der Waals surface area contributed by atoms with E-state index in [1.807, 2.05) is 6.07 Å². The van der Waals surface area contributed by atoms with Crippen molar-refractivity contribution in [2.45, 2.75) is 26.3 Å². The Morgan fingerprint density at radius 3 is 2.88 bits per heavy atom. The van der Waals surface area contributed by atoms with Crippen LogP contribution in [0, 0.1) is 12.8 Å². The molecule has 92 valence electrons. The monoisotopic (exact) mass is 232 g/mol. The molecule has 2 N–H and O–H groups in total. The van der Waals surface area contributed by atoms with Crippen molar-refractivity contribution in [3.8, 4) is 0 Å². The molecule has 1 amide bonds. The van der Waals surface area contributed by atoms with Crippen LogP contribution in [0.2, 0.25) is 0 Å². The number of hydrogen-bond donors (Lipinski definition) is 2. The summed E-state index contributed by atoms with van der Waals surface area (Å²) in [6.07, 6.45) is 1.92. The first-order valence-corrected chi connectivity index (χ1v) is 6.29. The highest BCUT2D eigenvalue weighted by molar-refractivity contribution is 5.78. The molecule has 0 aliphatic carbocycles. The standard InChI is InChI=1S/C14H20N2O/c1-11-3-2-4-12(9-11)10-16-14(17)13-5-7-15-8-6-13/h2-4,9,13,15H,5-8,10H2,1H3,(H,16,17). The van der Waals surface area contributed by atoms with Gasteiger partial charge >= 0.3 is 0 Å². The molecule has 0 aromatic heterocycles. The quantitative estimate of drug-likeness (QED) is 0.831. The Morgan fingerprint density at radius 1 is 1.41 bits per heavy atom. The third-order valence-electron chi connectivity index (χ3n) is 3.26. The molecule has 0 atom stereocenters. The van der Waals surface area contributed by atoms with E-state index in [0.29, 0.717) is 6.54 Å². The molecular formula is C14H20N2O. The molecule has 1 fully saturated rings. The Balaban J connectivity index is 1.83. The molecule has 0 radical (unpaired) electrons. The molecule has 3 heteroatoms. The maximum Gasteiger partial charge on any atom is 0.223 e. The molecule has 0 spiro atoms. The van der Waals surface area contributed by atoms with E-state index in [1.54, 1.807) is 0 Å². The van der Waals surface area contributed by atoms with Crippen LogP contribution in [0.4, 0.5) is 0 Å². The first-order valence-electron chi connectivity index (χ1n) is 6.29. The molecule has 1 aliphatic rings. The number of hydrogen-bond acceptors (Lipinski definition) is 2. The number of carbonyl (C=O) groups excluding carboxylic acids is 1. The van der Waals surface area contributed by atoms with E-state index in [2.05, 4.69) is 35.8 Å². The van der Waals surface area contributed by atoms with Gasteiger partial charge < -0.3 is 10.6 Å². The fourth-order valence-corrected chi connectivity index (χ4v) is 2.24. The summed E-state index contributed by atoms with van der Waals surface area (Å²) in [5, 5.41) is 6.30. The van der Waals surface area contributed by atoms with E-state index in [-0.39, 0.29) is 11.8 Å². The summed E-state index contributed by atoms with van der Waals surface area (Å²) in [5.74, 6) is 0.397. The summed E-state index contributed by atoms with van der Waals surface area (Å²) in [4.78, 5) is 11.9. The highest BCUT2D eigenvalue weighted by Crippen LogP contribution is 2.12. The van der Waals surface area contributed by atoms with E-state index >= 15 is 0 Å². The van der Waals surface area contributed by atoms with E-state index in [0.717, 1.165) is 25.9 Å². The SMILES string of the molecule is Cc1cccc(CNC(=O)C2CCNCC2)c1. The second-order valence-electron chi connectivity index (χ2n) is 4.73. The lowest BCUT2D eigenvalue weighted by Gasteiger charge is -2.21. The van der Waals surface area contributed by atoms with Gasteiger partial charge in [0.05, 0.1) is 0 Å². The van der Waals surface area contributed by atoms with Crippen LogP contribution in [0.5, 0.6) is 0 Å². The fraction of sp³-hybridized carbons (Fsp3) is 0.500. The molecule has 1 saturated heterocycles. The summed E-state index contributed by atoms with van der Waals surface area (Å²) in [5.41, 5.74) is 2.41. The van der Waals surface area contributed by atoms with Gasteiger partial charge in [-0.25, -0.2) is 0 Å². The Kier molecular flexibility index (Phi) is 4.15. The van der Waals surface area contributed by atoms with Gasteiger partial charge in [-0.2, -0.15) is 0 Å². The van der Waals surface area contributed by atoms with Gasteiger partial charge in [0.1, 0.15) is 0 Å². The topological polar surface area (TPSA) is 41.1 Å². The average molecular weight is 232 g/mol. The number of amides is 1. The van der Waals surface area contributed by atoms with Crippen molar-refractivity contribution >= 4 is 5.91 Å². The van der Waals surface area contributed by atoms with Gasteiger partial charge in [-0.3, -0.25) is 4.79 Å². The minimum Gasteiger partial charge on any atom is -0.352 e. The molecule has 1 aliphatic heterocycles. The van der Waals surface area contributed by atoms with Gasteiger partial charge in [-0.15, -0.1) is 0 Å². The van der Waals surface area contributed by atoms with Crippen molar-refractivity contribution in [3.05, 3.63) is 35.4 Å². The van der Waals surface area contributed by atoms with Crippen LogP contribution in [0.1, 0.15) is 24.0 Å². The summed E-state index contributed by atoms with van der Waals surface area (Å²) >= 11 is 0. The Bertz CT molecular complexity index is 384. The number of rotatable bonds is 3. The van der Waals surface area contributed by atoms with Crippen molar-refractivity contribution in [1.29, 1.82) is 0 Å². The van der Waals surface area contributed by atoms with Crippen LogP contribution in [-0.4, -0.2) is 19.0 Å². The predicted molar refractivity (Wildman–Crippen MR) is 68.6 cm³/mol. The largest absolute Gasteiger partial charge is 0.352 e. The maximum absolute atomic E-state index is 11.9. The van der Waals surface area contributed by atoms with Crippen LogP contribution >= 0.6 is 0 Å². The van der Waals surface area contributed by atoms with Crippen molar-refractivity contribution in [3.63, 3.8) is 0 Å². The van der Waals surface area contributed by atoms with Crippen molar-refractivity contribution < 1.29 is 4.79 Å².